The van der Waals surface area contributed by atoms with E-state index in [9.17, 15) is 13.6 Å². The number of benzene rings is 2. The first-order valence-corrected chi connectivity index (χ1v) is 9.05. The summed E-state index contributed by atoms with van der Waals surface area (Å²) in [5, 5.41) is 8.75. The smallest absolute Gasteiger partial charge is 0.387 e. The fourth-order valence-corrected chi connectivity index (χ4v) is 3.20. The van der Waals surface area contributed by atoms with Gasteiger partial charge in [0.2, 0.25) is 0 Å². The summed E-state index contributed by atoms with van der Waals surface area (Å²) in [5.41, 5.74) is 2.57. The van der Waals surface area contributed by atoms with Gasteiger partial charge in [0.15, 0.2) is 5.65 Å². The summed E-state index contributed by atoms with van der Waals surface area (Å²) < 4.78 is 32.3. The molecule has 0 N–H and O–H groups in total. The minimum atomic E-state index is -2.89. The number of aromatic nitrogens is 4. The second-order valence-electron chi connectivity index (χ2n) is 6.63. The van der Waals surface area contributed by atoms with Crippen LogP contribution >= 0.6 is 0 Å². The molecule has 7 nitrogen and oxygen atoms in total. The normalized spacial score (nSPS) is 11.6. The summed E-state index contributed by atoms with van der Waals surface area (Å²) >= 11 is 0. The summed E-state index contributed by atoms with van der Waals surface area (Å²) in [4.78, 5) is 17.1. The Balaban J connectivity index is 1.67. The Bertz CT molecular complexity index is 1270. The van der Waals surface area contributed by atoms with Crippen LogP contribution in [-0.4, -0.2) is 32.3 Å². The van der Waals surface area contributed by atoms with Gasteiger partial charge in [-0.25, -0.2) is 9.67 Å². The fraction of sp³-hybridized carbons (Fsp3) is 0.143. The van der Waals surface area contributed by atoms with Gasteiger partial charge >= 0.3 is 6.61 Å². The van der Waals surface area contributed by atoms with Crippen molar-refractivity contribution in [1.82, 2.24) is 19.4 Å². The second kappa shape index (κ2) is 7.86. The lowest BCUT2D eigenvalue weighted by atomic mass is 10.1. The summed E-state index contributed by atoms with van der Waals surface area (Å²) in [5.74, 6) is 0.135. The van der Waals surface area contributed by atoms with Gasteiger partial charge < -0.3 is 4.74 Å². The standard InChI is InChI=1S/C21H17F2N5O2/c1-13-8-15(9-14(2)18(13)30-21(22)23)10-25-27-12-24-19-17(20(27)29)11-26-28(19)16-6-4-3-5-7-16/h3-12,21H,1-2H3/b25-10-. The molecule has 2 heterocycles. The molecule has 2 aromatic heterocycles. The summed E-state index contributed by atoms with van der Waals surface area (Å²) in [6.07, 6.45) is 4.23. The predicted molar refractivity (Wildman–Crippen MR) is 109 cm³/mol. The van der Waals surface area contributed by atoms with Gasteiger partial charge in [-0.2, -0.15) is 23.7 Å². The average molecular weight is 409 g/mol. The molecule has 0 bridgehead atoms. The molecule has 152 valence electrons. The van der Waals surface area contributed by atoms with Gasteiger partial charge in [0, 0.05) is 0 Å². The minimum Gasteiger partial charge on any atom is -0.434 e. The first kappa shape index (κ1) is 19.4. The maximum absolute atomic E-state index is 12.8. The van der Waals surface area contributed by atoms with Crippen LogP contribution in [0.15, 0.2) is 64.9 Å². The van der Waals surface area contributed by atoms with Crippen molar-refractivity contribution >= 4 is 17.2 Å². The highest BCUT2D eigenvalue weighted by atomic mass is 19.3. The number of para-hydroxylation sites is 1. The number of hydrogen-bond acceptors (Lipinski definition) is 5. The number of alkyl halides is 2. The van der Waals surface area contributed by atoms with Crippen LogP contribution in [0.4, 0.5) is 8.78 Å². The number of ether oxygens (including phenoxy) is 1. The van der Waals surface area contributed by atoms with Gasteiger partial charge in [-0.05, 0) is 54.8 Å². The Morgan fingerprint density at radius 3 is 2.50 bits per heavy atom. The van der Waals surface area contributed by atoms with Gasteiger partial charge in [0.1, 0.15) is 17.5 Å². The third kappa shape index (κ3) is 3.69. The van der Waals surface area contributed by atoms with Crippen LogP contribution in [0.25, 0.3) is 16.7 Å². The molecule has 0 aliphatic carbocycles. The van der Waals surface area contributed by atoms with Crippen molar-refractivity contribution in [3.63, 3.8) is 0 Å². The highest BCUT2D eigenvalue weighted by Crippen LogP contribution is 2.26. The summed E-state index contributed by atoms with van der Waals surface area (Å²) in [6.45, 7) is 0.440. The van der Waals surface area contributed by atoms with Gasteiger partial charge in [0.25, 0.3) is 5.56 Å². The summed E-state index contributed by atoms with van der Waals surface area (Å²) in [6, 6.07) is 12.7. The molecule has 0 saturated heterocycles. The van der Waals surface area contributed by atoms with E-state index in [2.05, 4.69) is 19.9 Å². The Labute approximate surface area is 169 Å². The molecule has 0 amide bonds. The Hall–Kier alpha value is -3.88. The van der Waals surface area contributed by atoms with E-state index in [1.54, 1.807) is 30.7 Å². The van der Waals surface area contributed by atoms with Crippen LogP contribution in [0.5, 0.6) is 5.75 Å². The van der Waals surface area contributed by atoms with Gasteiger partial charge in [-0.3, -0.25) is 4.79 Å². The second-order valence-corrected chi connectivity index (χ2v) is 6.63. The molecule has 0 spiro atoms. The van der Waals surface area contributed by atoms with E-state index < -0.39 is 6.61 Å². The number of hydrogen-bond donors (Lipinski definition) is 0. The average Bonchev–Trinajstić information content (AvgIpc) is 3.16. The topological polar surface area (TPSA) is 74.3 Å². The van der Waals surface area contributed by atoms with Crippen LogP contribution in [0, 0.1) is 13.8 Å². The van der Waals surface area contributed by atoms with E-state index in [1.807, 2.05) is 30.3 Å². The van der Waals surface area contributed by atoms with Crippen molar-refractivity contribution in [2.45, 2.75) is 20.5 Å². The van der Waals surface area contributed by atoms with Crippen molar-refractivity contribution < 1.29 is 13.5 Å². The van der Waals surface area contributed by atoms with Crippen LogP contribution in [0.3, 0.4) is 0 Å². The van der Waals surface area contributed by atoms with Crippen molar-refractivity contribution in [3.05, 3.63) is 82.0 Å². The van der Waals surface area contributed by atoms with Gasteiger partial charge in [0.05, 0.1) is 18.1 Å². The zero-order chi connectivity index (χ0) is 21.3. The molecular weight excluding hydrogens is 392 g/mol. The maximum atomic E-state index is 12.8. The first-order chi connectivity index (χ1) is 14.4. The minimum absolute atomic E-state index is 0.135. The molecule has 2 aromatic carbocycles. The van der Waals surface area contributed by atoms with Crippen molar-refractivity contribution in [2.24, 2.45) is 5.10 Å². The van der Waals surface area contributed by atoms with Crippen molar-refractivity contribution in [3.8, 4) is 11.4 Å². The molecule has 4 rings (SSSR count). The molecule has 0 fully saturated rings. The molecule has 4 aromatic rings. The van der Waals surface area contributed by atoms with Crippen molar-refractivity contribution in [1.29, 1.82) is 0 Å². The molecule has 0 aliphatic heterocycles. The molecule has 30 heavy (non-hydrogen) atoms. The molecule has 0 atom stereocenters. The quantitative estimate of drug-likeness (QED) is 0.471. The highest BCUT2D eigenvalue weighted by Gasteiger charge is 2.12. The number of halogens is 2. The molecule has 9 heteroatoms. The third-order valence-electron chi connectivity index (χ3n) is 4.49. The van der Waals surface area contributed by atoms with E-state index in [0.717, 1.165) is 10.4 Å². The SMILES string of the molecule is Cc1cc(/C=N\n2cnc3c(cnn3-c3ccccc3)c2=O)cc(C)c1OC(F)F. The zero-order valence-electron chi connectivity index (χ0n) is 16.2. The Morgan fingerprint density at radius 1 is 1.13 bits per heavy atom. The first-order valence-electron chi connectivity index (χ1n) is 9.05. The number of nitrogens with zero attached hydrogens (tertiary/aromatic N) is 5. The van der Waals surface area contributed by atoms with Crippen LogP contribution in [-0.2, 0) is 0 Å². The predicted octanol–water partition coefficient (Wildman–Crippen LogP) is 3.68. The zero-order valence-corrected chi connectivity index (χ0v) is 16.2. The van der Waals surface area contributed by atoms with Gasteiger partial charge in [-0.1, -0.05) is 18.2 Å². The Morgan fingerprint density at radius 2 is 1.83 bits per heavy atom. The van der Waals surface area contributed by atoms with E-state index in [0.29, 0.717) is 27.7 Å². The molecule has 0 saturated carbocycles. The van der Waals surface area contributed by atoms with E-state index in [1.165, 1.54) is 18.7 Å². The number of rotatable bonds is 5. The fourth-order valence-electron chi connectivity index (χ4n) is 3.20. The Kier molecular flexibility index (Phi) is 5.09. The number of aryl methyl sites for hydroxylation is 2. The highest BCUT2D eigenvalue weighted by molar-refractivity contribution is 5.81. The van der Waals surface area contributed by atoms with Crippen molar-refractivity contribution in [2.75, 3.05) is 0 Å². The number of fused-ring (bicyclic) bond motifs is 1. The van der Waals surface area contributed by atoms with Crippen LogP contribution in [0.2, 0.25) is 0 Å². The molecule has 0 radical (unpaired) electrons. The maximum Gasteiger partial charge on any atom is 0.387 e. The lowest BCUT2D eigenvalue weighted by Crippen LogP contribution is -2.17. The lowest BCUT2D eigenvalue weighted by Gasteiger charge is -2.11. The molecule has 0 aliphatic rings. The third-order valence-corrected chi connectivity index (χ3v) is 4.49. The molecule has 0 unspecified atom stereocenters. The van der Waals surface area contributed by atoms with Crippen LogP contribution in [0.1, 0.15) is 16.7 Å². The van der Waals surface area contributed by atoms with E-state index in [-0.39, 0.29) is 11.3 Å². The van der Waals surface area contributed by atoms with E-state index >= 15 is 0 Å². The van der Waals surface area contributed by atoms with Crippen LogP contribution < -0.4 is 10.3 Å². The summed E-state index contributed by atoms with van der Waals surface area (Å²) in [7, 11) is 0. The lowest BCUT2D eigenvalue weighted by molar-refractivity contribution is -0.0507. The van der Waals surface area contributed by atoms with Gasteiger partial charge in [-0.15, -0.1) is 0 Å². The monoisotopic (exact) mass is 409 g/mol. The largest absolute Gasteiger partial charge is 0.434 e. The molecular formula is C21H17F2N5O2. The van der Waals surface area contributed by atoms with E-state index in [4.69, 9.17) is 0 Å².